The molecule has 0 aliphatic carbocycles. The Balaban J connectivity index is 2.02. The fourth-order valence-electron chi connectivity index (χ4n) is 2.57. The first-order valence-electron chi connectivity index (χ1n) is 7.49. The molecule has 1 aromatic heterocycles. The van der Waals surface area contributed by atoms with Crippen LogP contribution >= 0.6 is 0 Å². The van der Waals surface area contributed by atoms with Crippen molar-refractivity contribution in [1.29, 1.82) is 0 Å². The second kappa shape index (κ2) is 6.37. The van der Waals surface area contributed by atoms with E-state index in [4.69, 9.17) is 0 Å². The maximum Gasteiger partial charge on any atom is 0.246 e. The van der Waals surface area contributed by atoms with Crippen LogP contribution in [0.15, 0.2) is 17.3 Å². The van der Waals surface area contributed by atoms with E-state index in [2.05, 4.69) is 5.10 Å². The van der Waals surface area contributed by atoms with E-state index in [1.165, 1.54) is 21.4 Å². The monoisotopic (exact) mass is 328 g/mol. The molecule has 0 N–H and O–H groups in total. The summed E-state index contributed by atoms with van der Waals surface area (Å²) in [5.41, 5.74) is 0. The van der Waals surface area contributed by atoms with Gasteiger partial charge >= 0.3 is 0 Å². The predicted molar refractivity (Wildman–Crippen MR) is 82.6 cm³/mol. The van der Waals surface area contributed by atoms with Gasteiger partial charge in [-0.15, -0.1) is 0 Å². The Bertz CT molecular complexity index is 630. The minimum absolute atomic E-state index is 0.0900. The minimum atomic E-state index is -3.50. The first-order chi connectivity index (χ1) is 10.2. The Morgan fingerprint density at radius 1 is 1.36 bits per heavy atom. The summed E-state index contributed by atoms with van der Waals surface area (Å²) in [4.78, 5) is 14.3. The van der Waals surface area contributed by atoms with Gasteiger partial charge in [0.15, 0.2) is 0 Å². The lowest BCUT2D eigenvalue weighted by molar-refractivity contribution is -0.136. The molecule has 8 heteroatoms. The van der Waals surface area contributed by atoms with Crippen LogP contribution in [0.4, 0.5) is 0 Å². The summed E-state index contributed by atoms with van der Waals surface area (Å²) in [6.07, 6.45) is 3.99. The van der Waals surface area contributed by atoms with Crippen molar-refractivity contribution < 1.29 is 13.2 Å². The molecule has 2 rings (SSSR count). The molecule has 1 amide bonds. The molecular weight excluding hydrogens is 304 g/mol. The summed E-state index contributed by atoms with van der Waals surface area (Å²) < 4.78 is 27.9. The number of hydrogen-bond donors (Lipinski definition) is 0. The minimum Gasteiger partial charge on any atom is -0.343 e. The number of sulfonamides is 1. The van der Waals surface area contributed by atoms with Crippen molar-refractivity contribution in [2.45, 2.75) is 37.6 Å². The van der Waals surface area contributed by atoms with Gasteiger partial charge < -0.3 is 4.90 Å². The van der Waals surface area contributed by atoms with Gasteiger partial charge in [0.2, 0.25) is 15.9 Å². The van der Waals surface area contributed by atoms with Gasteiger partial charge in [-0.05, 0) is 26.7 Å². The van der Waals surface area contributed by atoms with Gasteiger partial charge in [-0.3, -0.25) is 9.48 Å². The van der Waals surface area contributed by atoms with Gasteiger partial charge in [0.1, 0.15) is 4.90 Å². The lowest BCUT2D eigenvalue weighted by Gasteiger charge is -2.33. The third-order valence-electron chi connectivity index (χ3n) is 4.24. The molecule has 0 aromatic carbocycles. The van der Waals surface area contributed by atoms with Crippen LogP contribution in [0.2, 0.25) is 0 Å². The number of aromatic nitrogens is 2. The highest BCUT2D eigenvalue weighted by atomic mass is 32.2. The van der Waals surface area contributed by atoms with Crippen LogP contribution in [0.5, 0.6) is 0 Å². The number of hydrogen-bond acceptors (Lipinski definition) is 4. The molecule has 124 valence electrons. The van der Waals surface area contributed by atoms with Crippen molar-refractivity contribution in [2.75, 3.05) is 20.1 Å². The third kappa shape index (κ3) is 3.33. The first-order valence-corrected chi connectivity index (χ1v) is 8.93. The number of nitrogens with zero attached hydrogens (tertiary/aromatic N) is 4. The van der Waals surface area contributed by atoms with Gasteiger partial charge in [-0.1, -0.05) is 0 Å². The summed E-state index contributed by atoms with van der Waals surface area (Å²) in [5, 5.41) is 3.91. The van der Waals surface area contributed by atoms with E-state index in [1.807, 2.05) is 13.8 Å². The quantitative estimate of drug-likeness (QED) is 0.815. The van der Waals surface area contributed by atoms with E-state index < -0.39 is 10.0 Å². The largest absolute Gasteiger partial charge is 0.343 e. The topological polar surface area (TPSA) is 75.5 Å². The number of rotatable bonds is 4. The highest BCUT2D eigenvalue weighted by Gasteiger charge is 2.34. The smallest absolute Gasteiger partial charge is 0.246 e. The molecule has 1 aromatic rings. The van der Waals surface area contributed by atoms with Crippen LogP contribution in [-0.2, 0) is 21.9 Å². The fourth-order valence-corrected chi connectivity index (χ4v) is 4.02. The Labute approximate surface area is 131 Å². The first kappa shape index (κ1) is 17.0. The molecule has 0 radical (unpaired) electrons. The zero-order valence-electron chi connectivity index (χ0n) is 13.6. The van der Waals surface area contributed by atoms with Gasteiger partial charge in [0, 0.05) is 45.3 Å². The van der Waals surface area contributed by atoms with Crippen molar-refractivity contribution in [3.05, 3.63) is 12.4 Å². The highest BCUT2D eigenvalue weighted by Crippen LogP contribution is 2.25. The summed E-state index contributed by atoms with van der Waals surface area (Å²) >= 11 is 0. The average Bonchev–Trinajstić information content (AvgIpc) is 2.93. The molecule has 22 heavy (non-hydrogen) atoms. The average molecular weight is 328 g/mol. The fraction of sp³-hybridized carbons (Fsp3) is 0.714. The SMILES string of the molecule is CC(C)N(C)C(=O)C1CCN(S(=O)(=O)c2cnn(C)c2)CC1. The second-order valence-corrected chi connectivity index (χ2v) is 8.01. The normalized spacial score (nSPS) is 17.9. The summed E-state index contributed by atoms with van der Waals surface area (Å²) in [7, 11) is -0.0183. The van der Waals surface area contributed by atoms with Crippen molar-refractivity contribution in [2.24, 2.45) is 13.0 Å². The summed E-state index contributed by atoms with van der Waals surface area (Å²) in [6.45, 7) is 4.69. The Morgan fingerprint density at radius 3 is 2.41 bits per heavy atom. The number of carbonyl (C=O) groups excluding carboxylic acids is 1. The maximum absolute atomic E-state index is 12.5. The Hall–Kier alpha value is -1.41. The number of aryl methyl sites for hydroxylation is 1. The van der Waals surface area contributed by atoms with Gasteiger partial charge in [-0.25, -0.2) is 8.42 Å². The molecule has 1 saturated heterocycles. The molecule has 1 aliphatic heterocycles. The van der Waals surface area contributed by atoms with Crippen LogP contribution in [0, 0.1) is 5.92 Å². The lowest BCUT2D eigenvalue weighted by Crippen LogP contribution is -2.44. The molecule has 0 spiro atoms. The van der Waals surface area contributed by atoms with E-state index in [0.29, 0.717) is 25.9 Å². The molecule has 7 nitrogen and oxygen atoms in total. The van der Waals surface area contributed by atoms with Gasteiger partial charge in [-0.2, -0.15) is 9.40 Å². The standard InChI is InChI=1S/C14H24N4O3S/c1-11(2)17(4)14(19)12-5-7-18(8-6-12)22(20,21)13-9-15-16(3)10-13/h9-12H,5-8H2,1-4H3. The maximum atomic E-state index is 12.5. The van der Waals surface area contributed by atoms with Crippen molar-refractivity contribution >= 4 is 15.9 Å². The number of piperidine rings is 1. The zero-order valence-corrected chi connectivity index (χ0v) is 14.4. The van der Waals surface area contributed by atoms with Gasteiger partial charge in [0.05, 0.1) is 6.20 Å². The van der Waals surface area contributed by atoms with Crippen LogP contribution in [0.1, 0.15) is 26.7 Å². The van der Waals surface area contributed by atoms with E-state index in [1.54, 1.807) is 19.0 Å². The molecular formula is C14H24N4O3S. The van der Waals surface area contributed by atoms with Crippen molar-refractivity contribution in [3.63, 3.8) is 0 Å². The van der Waals surface area contributed by atoms with E-state index in [9.17, 15) is 13.2 Å². The number of carbonyl (C=O) groups is 1. The molecule has 1 aliphatic rings. The van der Waals surface area contributed by atoms with Crippen molar-refractivity contribution in [1.82, 2.24) is 19.0 Å². The number of amides is 1. The zero-order chi connectivity index (χ0) is 16.5. The van der Waals surface area contributed by atoms with Gasteiger partial charge in [0.25, 0.3) is 0 Å². The van der Waals surface area contributed by atoms with Crippen LogP contribution in [-0.4, -0.2) is 59.5 Å². The third-order valence-corrected chi connectivity index (χ3v) is 6.10. The second-order valence-electron chi connectivity index (χ2n) is 6.07. The van der Waals surface area contributed by atoms with E-state index >= 15 is 0 Å². The van der Waals surface area contributed by atoms with Crippen molar-refractivity contribution in [3.8, 4) is 0 Å². The Kier molecular flexibility index (Phi) is 4.91. The van der Waals surface area contributed by atoms with Crippen LogP contribution in [0.25, 0.3) is 0 Å². The summed E-state index contributed by atoms with van der Waals surface area (Å²) in [6, 6.07) is 0.157. The molecule has 2 heterocycles. The lowest BCUT2D eigenvalue weighted by atomic mass is 9.96. The molecule has 1 fully saturated rings. The van der Waals surface area contributed by atoms with Crippen LogP contribution in [0.3, 0.4) is 0 Å². The predicted octanol–water partition coefficient (Wildman–Crippen LogP) is 0.688. The van der Waals surface area contributed by atoms with Crippen LogP contribution < -0.4 is 0 Å². The summed E-state index contributed by atoms with van der Waals surface area (Å²) in [5.74, 6) is 0.0150. The molecule has 0 bridgehead atoms. The molecule has 0 unspecified atom stereocenters. The molecule has 0 saturated carbocycles. The van der Waals surface area contributed by atoms with E-state index in [0.717, 1.165) is 0 Å². The Morgan fingerprint density at radius 2 is 1.95 bits per heavy atom. The van der Waals surface area contributed by atoms with E-state index in [-0.39, 0.29) is 22.8 Å². The molecule has 0 atom stereocenters. The highest BCUT2D eigenvalue weighted by molar-refractivity contribution is 7.89.